The number of ether oxygens (including phenoxy) is 1. The van der Waals surface area contributed by atoms with Crippen molar-refractivity contribution >= 4 is 23.8 Å². The first kappa shape index (κ1) is 15.5. The van der Waals surface area contributed by atoms with E-state index >= 15 is 0 Å². The molecule has 2 aliphatic rings. The molecule has 0 unspecified atom stereocenters. The summed E-state index contributed by atoms with van der Waals surface area (Å²) in [6.45, 7) is 2.48. The van der Waals surface area contributed by atoms with Gasteiger partial charge in [0.25, 0.3) is 5.91 Å². The van der Waals surface area contributed by atoms with Crippen molar-refractivity contribution in [3.05, 3.63) is 35.5 Å². The van der Waals surface area contributed by atoms with Gasteiger partial charge in [-0.1, -0.05) is 31.5 Å². The number of hydrogen-bond donors (Lipinski definition) is 0. The van der Waals surface area contributed by atoms with E-state index in [4.69, 9.17) is 4.74 Å². The summed E-state index contributed by atoms with van der Waals surface area (Å²) in [6, 6.07) is 7.20. The number of carbonyl (C=O) groups is 2. The van der Waals surface area contributed by atoms with Crippen LogP contribution in [0.1, 0.15) is 44.6 Å². The van der Waals surface area contributed by atoms with E-state index in [9.17, 15) is 9.59 Å². The molecule has 1 saturated heterocycles. The summed E-state index contributed by atoms with van der Waals surface area (Å²) in [7, 11) is 0. The van der Waals surface area contributed by atoms with Crippen molar-refractivity contribution in [1.82, 2.24) is 4.90 Å². The average molecular weight is 312 g/mol. The van der Waals surface area contributed by atoms with Gasteiger partial charge in [-0.2, -0.15) is 0 Å². The van der Waals surface area contributed by atoms with Crippen molar-refractivity contribution in [3.63, 3.8) is 0 Å². The highest BCUT2D eigenvalue weighted by Gasteiger charge is 2.30. The zero-order valence-corrected chi connectivity index (χ0v) is 13.2. The maximum Gasteiger partial charge on any atom is 0.310 e. The van der Waals surface area contributed by atoms with Crippen LogP contribution in [0.25, 0.3) is 6.08 Å². The van der Waals surface area contributed by atoms with Crippen LogP contribution in [0.2, 0.25) is 0 Å². The summed E-state index contributed by atoms with van der Waals surface area (Å²) >= 11 is 0. The van der Waals surface area contributed by atoms with Gasteiger partial charge in [0.05, 0.1) is 0 Å². The monoisotopic (exact) mass is 312 g/mol. The van der Waals surface area contributed by atoms with Crippen molar-refractivity contribution in [3.8, 4) is 5.75 Å². The molecule has 1 fully saturated rings. The van der Waals surface area contributed by atoms with Crippen molar-refractivity contribution < 1.29 is 14.3 Å². The van der Waals surface area contributed by atoms with Crippen molar-refractivity contribution in [2.75, 3.05) is 6.54 Å². The zero-order valence-electron chi connectivity index (χ0n) is 13.2. The highest BCUT2D eigenvalue weighted by atomic mass is 16.5. The Hall–Kier alpha value is -2.43. The Bertz CT molecular complexity index is 691. The minimum Gasteiger partial charge on any atom is -0.426 e. The molecule has 0 atom stereocenters. The lowest BCUT2D eigenvalue weighted by Gasteiger charge is -2.14. The van der Waals surface area contributed by atoms with Crippen LogP contribution in [0.5, 0.6) is 5.75 Å². The molecule has 1 amide bonds. The number of nitrogens with zero attached hydrogens (tertiary/aromatic N) is 2. The lowest BCUT2D eigenvalue weighted by atomic mass is 10.1. The minimum absolute atomic E-state index is 0.0569. The maximum atomic E-state index is 12.5. The first-order valence-electron chi connectivity index (χ1n) is 8.10. The van der Waals surface area contributed by atoms with Crippen LogP contribution in [0, 0.1) is 0 Å². The highest BCUT2D eigenvalue weighted by molar-refractivity contribution is 6.14. The molecule has 0 saturated carbocycles. The molecular weight excluding hydrogens is 292 g/mol. The molecule has 0 N–H and O–H groups in total. The SMILES string of the molecule is CCC(=O)Oc1ccccc1C=C1N=C2CCCCCN2C1=O. The molecule has 2 heterocycles. The number of fused-ring (bicyclic) bond motifs is 1. The summed E-state index contributed by atoms with van der Waals surface area (Å²) in [5.41, 5.74) is 1.11. The van der Waals surface area contributed by atoms with Crippen molar-refractivity contribution in [2.24, 2.45) is 4.99 Å². The highest BCUT2D eigenvalue weighted by Crippen LogP contribution is 2.27. The summed E-state index contributed by atoms with van der Waals surface area (Å²) in [5.74, 6) is 0.969. The Morgan fingerprint density at radius 2 is 2.13 bits per heavy atom. The van der Waals surface area contributed by atoms with Gasteiger partial charge in [-0.15, -0.1) is 0 Å². The number of rotatable bonds is 3. The van der Waals surface area contributed by atoms with E-state index in [1.165, 1.54) is 0 Å². The van der Waals surface area contributed by atoms with Gasteiger partial charge in [0.15, 0.2) is 0 Å². The van der Waals surface area contributed by atoms with Gasteiger partial charge in [0, 0.05) is 24.9 Å². The third kappa shape index (κ3) is 3.33. The third-order valence-electron chi connectivity index (χ3n) is 4.03. The first-order valence-corrected chi connectivity index (χ1v) is 8.10. The molecule has 0 radical (unpaired) electrons. The molecule has 23 heavy (non-hydrogen) atoms. The van der Waals surface area contributed by atoms with E-state index < -0.39 is 0 Å². The molecular formula is C18H20N2O3. The molecule has 5 heteroatoms. The largest absolute Gasteiger partial charge is 0.426 e. The fourth-order valence-electron chi connectivity index (χ4n) is 2.78. The van der Waals surface area contributed by atoms with Crippen molar-refractivity contribution in [2.45, 2.75) is 39.0 Å². The van der Waals surface area contributed by atoms with Gasteiger partial charge < -0.3 is 4.74 Å². The second-order valence-corrected chi connectivity index (χ2v) is 5.69. The zero-order chi connectivity index (χ0) is 16.2. The molecule has 0 aliphatic carbocycles. The minimum atomic E-state index is -0.297. The number of aliphatic imine (C=N–C) groups is 1. The van der Waals surface area contributed by atoms with Gasteiger partial charge in [-0.3, -0.25) is 14.5 Å². The predicted octanol–water partition coefficient (Wildman–Crippen LogP) is 3.16. The fraction of sp³-hybridized carbons (Fsp3) is 0.389. The average Bonchev–Trinajstić information content (AvgIpc) is 2.74. The lowest BCUT2D eigenvalue weighted by Crippen LogP contribution is -2.31. The van der Waals surface area contributed by atoms with E-state index in [1.807, 2.05) is 12.1 Å². The Labute approximate surface area is 135 Å². The molecule has 1 aromatic rings. The summed E-state index contributed by atoms with van der Waals surface area (Å²) in [6.07, 6.45) is 6.08. The van der Waals surface area contributed by atoms with Crippen LogP contribution >= 0.6 is 0 Å². The topological polar surface area (TPSA) is 59.0 Å². The number of carbonyl (C=O) groups excluding carboxylic acids is 2. The van der Waals surface area contributed by atoms with Crippen LogP contribution in [0.15, 0.2) is 35.0 Å². The lowest BCUT2D eigenvalue weighted by molar-refractivity contribution is -0.134. The second-order valence-electron chi connectivity index (χ2n) is 5.69. The molecule has 0 spiro atoms. The Morgan fingerprint density at radius 3 is 2.96 bits per heavy atom. The number of hydrogen-bond acceptors (Lipinski definition) is 4. The normalized spacial score (nSPS) is 19.3. The third-order valence-corrected chi connectivity index (χ3v) is 4.03. The van der Waals surface area contributed by atoms with Crippen LogP contribution in [0.3, 0.4) is 0 Å². The molecule has 0 bridgehead atoms. The van der Waals surface area contributed by atoms with Gasteiger partial charge in [-0.05, 0) is 25.0 Å². The number of benzene rings is 1. The predicted molar refractivity (Wildman–Crippen MR) is 88.0 cm³/mol. The fourth-order valence-corrected chi connectivity index (χ4v) is 2.78. The maximum absolute atomic E-state index is 12.5. The Kier molecular flexibility index (Phi) is 4.55. The Balaban J connectivity index is 1.90. The number of amides is 1. The molecule has 1 aromatic carbocycles. The first-order chi connectivity index (χ1) is 11.2. The van der Waals surface area contributed by atoms with E-state index in [2.05, 4.69) is 4.99 Å². The van der Waals surface area contributed by atoms with E-state index in [-0.39, 0.29) is 11.9 Å². The summed E-state index contributed by atoms with van der Waals surface area (Å²) < 4.78 is 5.32. The van der Waals surface area contributed by atoms with Crippen molar-refractivity contribution in [1.29, 1.82) is 0 Å². The number of para-hydroxylation sites is 1. The molecule has 3 rings (SSSR count). The van der Waals surface area contributed by atoms with Crippen LogP contribution < -0.4 is 4.74 Å². The number of amidine groups is 1. The number of esters is 1. The van der Waals surface area contributed by atoms with Crippen LogP contribution in [-0.2, 0) is 9.59 Å². The van der Waals surface area contributed by atoms with Gasteiger partial charge >= 0.3 is 5.97 Å². The summed E-state index contributed by atoms with van der Waals surface area (Å²) in [5, 5.41) is 0. The molecule has 5 nitrogen and oxygen atoms in total. The van der Waals surface area contributed by atoms with E-state index in [0.717, 1.165) is 38.1 Å². The van der Waals surface area contributed by atoms with Crippen LogP contribution in [0.4, 0.5) is 0 Å². The second kappa shape index (κ2) is 6.77. The smallest absolute Gasteiger partial charge is 0.310 e. The molecule has 0 aromatic heterocycles. The standard InChI is InChI=1S/C18H20N2O3/c1-2-17(21)23-15-9-6-5-8-13(15)12-14-18(22)20-11-7-3-4-10-16(20)19-14/h5-6,8-9,12H,2-4,7,10-11H2,1H3. The van der Waals surface area contributed by atoms with E-state index in [0.29, 0.717) is 23.4 Å². The Morgan fingerprint density at radius 1 is 1.30 bits per heavy atom. The molecule has 2 aliphatic heterocycles. The van der Waals surface area contributed by atoms with Gasteiger partial charge in [0.2, 0.25) is 0 Å². The summed E-state index contributed by atoms with van der Waals surface area (Å²) in [4.78, 5) is 30.3. The van der Waals surface area contributed by atoms with Crippen LogP contribution in [-0.4, -0.2) is 29.2 Å². The van der Waals surface area contributed by atoms with E-state index in [1.54, 1.807) is 30.0 Å². The van der Waals surface area contributed by atoms with Gasteiger partial charge in [-0.25, -0.2) is 4.99 Å². The molecule has 120 valence electrons. The quantitative estimate of drug-likeness (QED) is 0.489. The van der Waals surface area contributed by atoms with Gasteiger partial charge in [0.1, 0.15) is 17.3 Å².